The highest BCUT2D eigenvalue weighted by Gasteiger charge is 2.40. The molecule has 0 aliphatic rings. The lowest BCUT2D eigenvalue weighted by atomic mass is 9.78. The van der Waals surface area contributed by atoms with Gasteiger partial charge in [0.25, 0.3) is 0 Å². The molecule has 3 rings (SSSR count). The summed E-state index contributed by atoms with van der Waals surface area (Å²) in [7, 11) is 0. The average molecular weight is 332 g/mol. The molecule has 2 unspecified atom stereocenters. The quantitative estimate of drug-likeness (QED) is 0.727. The topological polar surface area (TPSA) is 57.5 Å². The summed E-state index contributed by atoms with van der Waals surface area (Å²) in [6.45, 7) is 1.55. The van der Waals surface area contributed by atoms with Crippen molar-refractivity contribution in [1.29, 1.82) is 0 Å². The summed E-state index contributed by atoms with van der Waals surface area (Å²) in [5, 5.41) is 20.7. The summed E-state index contributed by atoms with van der Waals surface area (Å²) in [5.41, 5.74) is 1.71. The second-order valence-corrected chi connectivity index (χ2v) is 6.27. The molecule has 0 aromatic heterocycles. The van der Waals surface area contributed by atoms with Crippen LogP contribution in [0, 0.1) is 0 Å². The van der Waals surface area contributed by atoms with E-state index in [1.807, 2.05) is 48.5 Å². The summed E-state index contributed by atoms with van der Waals surface area (Å²) in [6, 6.07) is 26.1. The lowest BCUT2D eigenvalue weighted by molar-refractivity contribution is -0.145. The minimum absolute atomic E-state index is 0.570. The molecule has 0 bridgehead atoms. The highest BCUT2D eigenvalue weighted by molar-refractivity contribution is 5.78. The van der Waals surface area contributed by atoms with Gasteiger partial charge >= 0.3 is 5.97 Å². The molecule has 0 amide bonds. The average Bonchev–Trinajstić information content (AvgIpc) is 2.63. The zero-order valence-corrected chi connectivity index (χ0v) is 14.0. The third-order valence-corrected chi connectivity index (χ3v) is 4.52. The first-order valence-corrected chi connectivity index (χ1v) is 8.16. The van der Waals surface area contributed by atoms with Crippen molar-refractivity contribution in [2.24, 2.45) is 0 Å². The molecule has 3 heteroatoms. The number of carboxylic acid groups (broad SMARTS) is 1. The van der Waals surface area contributed by atoms with E-state index in [2.05, 4.69) is 0 Å². The van der Waals surface area contributed by atoms with Gasteiger partial charge in [-0.05, 0) is 29.2 Å². The van der Waals surface area contributed by atoms with Crippen LogP contribution in [0.4, 0.5) is 0 Å². The smallest absolute Gasteiger partial charge is 0.314 e. The first-order chi connectivity index (χ1) is 12.0. The van der Waals surface area contributed by atoms with E-state index in [9.17, 15) is 15.0 Å². The van der Waals surface area contributed by atoms with Gasteiger partial charge in [-0.25, -0.2) is 0 Å². The Hall–Kier alpha value is -2.91. The van der Waals surface area contributed by atoms with Gasteiger partial charge in [0, 0.05) is 0 Å². The van der Waals surface area contributed by atoms with E-state index in [1.165, 1.54) is 0 Å². The van der Waals surface area contributed by atoms with Gasteiger partial charge in [-0.1, -0.05) is 84.9 Å². The molecule has 2 atom stereocenters. The number of aliphatic hydroxyl groups is 1. The van der Waals surface area contributed by atoms with Gasteiger partial charge in [-0.15, -0.1) is 0 Å². The molecule has 3 aromatic rings. The Morgan fingerprint density at radius 3 is 1.80 bits per heavy atom. The van der Waals surface area contributed by atoms with Crippen molar-refractivity contribution in [1.82, 2.24) is 0 Å². The summed E-state index contributed by atoms with van der Waals surface area (Å²) in [4.78, 5) is 11.9. The Morgan fingerprint density at radius 1 is 0.800 bits per heavy atom. The second-order valence-electron chi connectivity index (χ2n) is 6.27. The molecular formula is C22H20O3. The van der Waals surface area contributed by atoms with Gasteiger partial charge in [0.2, 0.25) is 0 Å². The second kappa shape index (κ2) is 6.91. The molecule has 126 valence electrons. The highest BCUT2D eigenvalue weighted by atomic mass is 16.4. The predicted octanol–water partition coefficient (Wildman–Crippen LogP) is 4.43. The number of rotatable bonds is 5. The SMILES string of the molecule is CC(O)(c1ccccc1)C(C(=O)O)c1ccc(-c2ccccc2)cc1. The highest BCUT2D eigenvalue weighted by Crippen LogP contribution is 2.37. The summed E-state index contributed by atoms with van der Waals surface area (Å²) >= 11 is 0. The van der Waals surface area contributed by atoms with Crippen LogP contribution < -0.4 is 0 Å². The Labute approximate surface area is 147 Å². The number of aliphatic carboxylic acids is 1. The molecule has 0 radical (unpaired) electrons. The fourth-order valence-electron chi connectivity index (χ4n) is 3.15. The van der Waals surface area contributed by atoms with Crippen molar-refractivity contribution < 1.29 is 15.0 Å². The van der Waals surface area contributed by atoms with Crippen molar-refractivity contribution in [2.75, 3.05) is 0 Å². The molecule has 0 saturated carbocycles. The monoisotopic (exact) mass is 332 g/mol. The molecule has 0 aliphatic heterocycles. The van der Waals surface area contributed by atoms with Gasteiger partial charge in [0.05, 0.1) is 0 Å². The van der Waals surface area contributed by atoms with Crippen molar-refractivity contribution in [2.45, 2.75) is 18.4 Å². The number of hydrogen-bond acceptors (Lipinski definition) is 2. The van der Waals surface area contributed by atoms with Crippen LogP contribution >= 0.6 is 0 Å². The van der Waals surface area contributed by atoms with E-state index in [0.29, 0.717) is 11.1 Å². The Kier molecular flexibility index (Phi) is 4.68. The largest absolute Gasteiger partial charge is 0.481 e. The molecule has 3 nitrogen and oxygen atoms in total. The molecule has 3 aromatic carbocycles. The number of benzene rings is 3. The fourth-order valence-corrected chi connectivity index (χ4v) is 3.15. The lowest BCUT2D eigenvalue weighted by Crippen LogP contribution is -2.35. The van der Waals surface area contributed by atoms with Crippen molar-refractivity contribution in [3.8, 4) is 11.1 Å². The van der Waals surface area contributed by atoms with E-state index in [1.54, 1.807) is 43.3 Å². The Bertz CT molecular complexity index is 837. The third-order valence-electron chi connectivity index (χ3n) is 4.52. The summed E-state index contributed by atoms with van der Waals surface area (Å²) < 4.78 is 0. The van der Waals surface area contributed by atoms with Gasteiger partial charge in [-0.3, -0.25) is 4.79 Å². The van der Waals surface area contributed by atoms with Crippen molar-refractivity contribution in [3.63, 3.8) is 0 Å². The van der Waals surface area contributed by atoms with Gasteiger partial charge in [-0.2, -0.15) is 0 Å². The van der Waals surface area contributed by atoms with E-state index in [-0.39, 0.29) is 0 Å². The predicted molar refractivity (Wildman–Crippen MR) is 98.3 cm³/mol. The van der Waals surface area contributed by atoms with Crippen LogP contribution in [-0.2, 0) is 10.4 Å². The zero-order chi connectivity index (χ0) is 17.9. The first kappa shape index (κ1) is 16.9. The molecule has 0 spiro atoms. The number of carbonyl (C=O) groups is 1. The number of hydrogen-bond donors (Lipinski definition) is 2. The van der Waals surface area contributed by atoms with Gasteiger partial charge < -0.3 is 10.2 Å². The first-order valence-electron chi connectivity index (χ1n) is 8.16. The maximum absolute atomic E-state index is 11.9. The molecule has 0 heterocycles. The number of carboxylic acids is 1. The molecular weight excluding hydrogens is 312 g/mol. The van der Waals surface area contributed by atoms with Crippen LogP contribution in [0.5, 0.6) is 0 Å². The van der Waals surface area contributed by atoms with E-state index < -0.39 is 17.5 Å². The van der Waals surface area contributed by atoms with Crippen LogP contribution in [0.25, 0.3) is 11.1 Å². The van der Waals surface area contributed by atoms with E-state index in [4.69, 9.17) is 0 Å². The van der Waals surface area contributed by atoms with Gasteiger partial charge in [0.15, 0.2) is 0 Å². The van der Waals surface area contributed by atoms with Crippen LogP contribution in [0.1, 0.15) is 24.0 Å². The molecule has 0 fully saturated rings. The minimum atomic E-state index is -1.51. The van der Waals surface area contributed by atoms with Crippen LogP contribution in [-0.4, -0.2) is 16.2 Å². The lowest BCUT2D eigenvalue weighted by Gasteiger charge is -2.31. The van der Waals surface area contributed by atoms with Crippen LogP contribution in [0.15, 0.2) is 84.9 Å². The van der Waals surface area contributed by atoms with Crippen molar-refractivity contribution in [3.05, 3.63) is 96.1 Å². The molecule has 0 saturated heterocycles. The summed E-state index contributed by atoms with van der Waals surface area (Å²) in [5.74, 6) is -2.11. The summed E-state index contributed by atoms with van der Waals surface area (Å²) in [6.07, 6.45) is 0. The zero-order valence-electron chi connectivity index (χ0n) is 14.0. The van der Waals surface area contributed by atoms with Crippen molar-refractivity contribution >= 4 is 5.97 Å². The van der Waals surface area contributed by atoms with Crippen LogP contribution in [0.2, 0.25) is 0 Å². The minimum Gasteiger partial charge on any atom is -0.481 e. The normalized spacial score (nSPS) is 14.5. The standard InChI is InChI=1S/C22H20O3/c1-22(25,19-10-6-3-7-11-19)20(21(23)24)18-14-12-17(13-15-18)16-8-4-2-5-9-16/h2-15,20,25H,1H3,(H,23,24). The third kappa shape index (κ3) is 3.47. The van der Waals surface area contributed by atoms with Crippen LogP contribution in [0.3, 0.4) is 0 Å². The maximum Gasteiger partial charge on any atom is 0.314 e. The fraction of sp³-hybridized carbons (Fsp3) is 0.136. The molecule has 0 aliphatic carbocycles. The van der Waals surface area contributed by atoms with E-state index >= 15 is 0 Å². The Morgan fingerprint density at radius 2 is 1.28 bits per heavy atom. The molecule has 2 N–H and O–H groups in total. The Balaban J connectivity index is 1.98. The molecule has 25 heavy (non-hydrogen) atoms. The van der Waals surface area contributed by atoms with Gasteiger partial charge in [0.1, 0.15) is 11.5 Å². The maximum atomic E-state index is 11.9. The van der Waals surface area contributed by atoms with E-state index in [0.717, 1.165) is 11.1 Å².